The fourth-order valence-electron chi connectivity index (χ4n) is 2.13. The minimum atomic E-state index is -4.44. The van der Waals surface area contributed by atoms with Crippen LogP contribution in [0.2, 0.25) is 0 Å². The summed E-state index contributed by atoms with van der Waals surface area (Å²) >= 11 is 0. The quantitative estimate of drug-likeness (QED) is 0.829. The van der Waals surface area contributed by atoms with E-state index in [0.717, 1.165) is 25.3 Å². The maximum atomic E-state index is 12.9. The summed E-state index contributed by atoms with van der Waals surface area (Å²) in [6, 6.07) is 2.56. The molecule has 0 amide bonds. The summed E-state index contributed by atoms with van der Waals surface area (Å²) in [5.41, 5.74) is 5.46. The van der Waals surface area contributed by atoms with Crippen molar-refractivity contribution in [3.05, 3.63) is 23.4 Å². The molecule has 1 heterocycles. The number of hydrogen-bond donors (Lipinski definition) is 1. The Morgan fingerprint density at radius 1 is 1.29 bits per heavy atom. The number of anilines is 1. The van der Waals surface area contributed by atoms with Gasteiger partial charge in [0.05, 0.1) is 0 Å². The molecule has 0 aliphatic carbocycles. The third-order valence-corrected chi connectivity index (χ3v) is 3.61. The van der Waals surface area contributed by atoms with Crippen molar-refractivity contribution < 1.29 is 13.2 Å². The fraction of sp³-hybridized carbons (Fsp3) is 0.667. The molecule has 0 aromatic carbocycles. The van der Waals surface area contributed by atoms with Gasteiger partial charge in [-0.25, -0.2) is 4.98 Å². The number of halogens is 3. The van der Waals surface area contributed by atoms with Gasteiger partial charge in [-0.05, 0) is 25.8 Å². The van der Waals surface area contributed by atoms with E-state index in [2.05, 4.69) is 11.9 Å². The Morgan fingerprint density at radius 2 is 1.95 bits per heavy atom. The van der Waals surface area contributed by atoms with Crippen LogP contribution in [0.1, 0.15) is 51.3 Å². The van der Waals surface area contributed by atoms with Crippen molar-refractivity contribution in [3.8, 4) is 0 Å². The molecule has 0 aliphatic rings. The SMILES string of the molecule is CCCCN(c1nc(C(F)(F)F)ccc1CN)C(C)CC. The molecule has 0 saturated carbocycles. The predicted octanol–water partition coefficient (Wildman–Crippen LogP) is 3.96. The predicted molar refractivity (Wildman–Crippen MR) is 79.1 cm³/mol. The van der Waals surface area contributed by atoms with E-state index in [1.807, 2.05) is 18.7 Å². The van der Waals surface area contributed by atoms with Crippen molar-refractivity contribution in [1.29, 1.82) is 0 Å². The third kappa shape index (κ3) is 4.59. The summed E-state index contributed by atoms with van der Waals surface area (Å²) in [6.07, 6.45) is -1.71. The Balaban J connectivity index is 3.25. The van der Waals surface area contributed by atoms with Gasteiger partial charge in [-0.2, -0.15) is 13.2 Å². The summed E-state index contributed by atoms with van der Waals surface area (Å²) in [5.74, 6) is 0.370. The molecule has 1 aromatic rings. The number of pyridine rings is 1. The van der Waals surface area contributed by atoms with Crippen LogP contribution < -0.4 is 10.6 Å². The number of rotatable bonds is 7. The van der Waals surface area contributed by atoms with E-state index in [-0.39, 0.29) is 12.6 Å². The molecule has 2 N–H and O–H groups in total. The molecule has 21 heavy (non-hydrogen) atoms. The molecule has 6 heteroatoms. The highest BCUT2D eigenvalue weighted by Crippen LogP contribution is 2.31. The van der Waals surface area contributed by atoms with Gasteiger partial charge in [0.25, 0.3) is 0 Å². The normalized spacial score (nSPS) is 13.3. The van der Waals surface area contributed by atoms with Crippen LogP contribution in [0, 0.1) is 0 Å². The van der Waals surface area contributed by atoms with Gasteiger partial charge in [0.2, 0.25) is 0 Å². The number of alkyl halides is 3. The first-order chi connectivity index (χ1) is 9.85. The van der Waals surface area contributed by atoms with Gasteiger partial charge in [0.1, 0.15) is 11.5 Å². The van der Waals surface area contributed by atoms with E-state index in [0.29, 0.717) is 17.9 Å². The van der Waals surface area contributed by atoms with Crippen molar-refractivity contribution in [2.45, 2.75) is 58.8 Å². The molecular weight excluding hydrogens is 279 g/mol. The maximum absolute atomic E-state index is 12.9. The van der Waals surface area contributed by atoms with Crippen LogP contribution in [-0.2, 0) is 12.7 Å². The zero-order valence-corrected chi connectivity index (χ0v) is 12.9. The van der Waals surface area contributed by atoms with E-state index < -0.39 is 11.9 Å². The Labute approximate surface area is 124 Å². The number of unbranched alkanes of at least 4 members (excludes halogenated alkanes) is 1. The van der Waals surface area contributed by atoms with E-state index >= 15 is 0 Å². The Kier molecular flexibility index (Phi) is 6.45. The van der Waals surface area contributed by atoms with Gasteiger partial charge in [0.15, 0.2) is 0 Å². The van der Waals surface area contributed by atoms with Crippen LogP contribution in [0.3, 0.4) is 0 Å². The molecule has 1 aromatic heterocycles. The molecule has 0 fully saturated rings. The molecule has 120 valence electrons. The zero-order valence-electron chi connectivity index (χ0n) is 12.9. The monoisotopic (exact) mass is 303 g/mol. The molecule has 1 atom stereocenters. The summed E-state index contributed by atoms with van der Waals surface area (Å²) in [5, 5.41) is 0. The molecule has 0 spiro atoms. The number of hydrogen-bond acceptors (Lipinski definition) is 3. The second kappa shape index (κ2) is 7.64. The van der Waals surface area contributed by atoms with Crippen molar-refractivity contribution in [3.63, 3.8) is 0 Å². The average molecular weight is 303 g/mol. The van der Waals surface area contributed by atoms with Crippen molar-refractivity contribution in [2.75, 3.05) is 11.4 Å². The van der Waals surface area contributed by atoms with Gasteiger partial charge < -0.3 is 10.6 Å². The molecule has 0 bridgehead atoms. The van der Waals surface area contributed by atoms with Gasteiger partial charge in [-0.15, -0.1) is 0 Å². The lowest BCUT2D eigenvalue weighted by atomic mass is 10.1. The third-order valence-electron chi connectivity index (χ3n) is 3.61. The van der Waals surface area contributed by atoms with Crippen LogP contribution in [-0.4, -0.2) is 17.6 Å². The second-order valence-corrected chi connectivity index (χ2v) is 5.19. The molecule has 3 nitrogen and oxygen atoms in total. The van der Waals surface area contributed by atoms with Gasteiger partial charge in [-0.1, -0.05) is 26.3 Å². The lowest BCUT2D eigenvalue weighted by Gasteiger charge is -2.31. The fourth-order valence-corrected chi connectivity index (χ4v) is 2.13. The van der Waals surface area contributed by atoms with E-state index in [4.69, 9.17) is 5.73 Å². The number of aromatic nitrogens is 1. The lowest BCUT2D eigenvalue weighted by Crippen LogP contribution is -2.35. The highest BCUT2D eigenvalue weighted by molar-refractivity contribution is 5.49. The molecule has 0 radical (unpaired) electrons. The second-order valence-electron chi connectivity index (χ2n) is 5.19. The topological polar surface area (TPSA) is 42.2 Å². The highest BCUT2D eigenvalue weighted by Gasteiger charge is 2.33. The van der Waals surface area contributed by atoms with Crippen LogP contribution in [0.25, 0.3) is 0 Å². The zero-order chi connectivity index (χ0) is 16.0. The summed E-state index contributed by atoms with van der Waals surface area (Å²) < 4.78 is 38.7. The Hall–Kier alpha value is -1.30. The summed E-state index contributed by atoms with van der Waals surface area (Å²) in [7, 11) is 0. The molecule has 0 aliphatic heterocycles. The number of nitrogens with two attached hydrogens (primary N) is 1. The first-order valence-corrected chi connectivity index (χ1v) is 7.38. The van der Waals surface area contributed by atoms with Crippen LogP contribution in [0.5, 0.6) is 0 Å². The largest absolute Gasteiger partial charge is 0.433 e. The standard InChI is InChI=1S/C15H24F3N3/c1-4-6-9-21(11(3)5-2)14-12(10-19)7-8-13(20-14)15(16,17)18/h7-8,11H,4-6,9-10,19H2,1-3H3. The highest BCUT2D eigenvalue weighted by atomic mass is 19.4. The molecule has 1 rings (SSSR count). The summed E-state index contributed by atoms with van der Waals surface area (Å²) in [4.78, 5) is 5.80. The minimum absolute atomic E-state index is 0.123. The molecule has 0 saturated heterocycles. The average Bonchev–Trinajstić information content (AvgIpc) is 2.46. The van der Waals surface area contributed by atoms with Crippen LogP contribution in [0.15, 0.2) is 12.1 Å². The first kappa shape index (κ1) is 17.8. The molecular formula is C15H24F3N3. The van der Waals surface area contributed by atoms with Gasteiger partial charge >= 0.3 is 6.18 Å². The van der Waals surface area contributed by atoms with Crippen LogP contribution in [0.4, 0.5) is 19.0 Å². The Bertz CT molecular complexity index is 446. The smallest absolute Gasteiger partial charge is 0.354 e. The van der Waals surface area contributed by atoms with E-state index in [1.165, 1.54) is 6.07 Å². The lowest BCUT2D eigenvalue weighted by molar-refractivity contribution is -0.141. The summed E-state index contributed by atoms with van der Waals surface area (Å²) in [6.45, 7) is 6.93. The van der Waals surface area contributed by atoms with Crippen molar-refractivity contribution in [1.82, 2.24) is 4.98 Å². The first-order valence-electron chi connectivity index (χ1n) is 7.38. The molecule has 1 unspecified atom stereocenters. The maximum Gasteiger partial charge on any atom is 0.433 e. The van der Waals surface area contributed by atoms with E-state index in [9.17, 15) is 13.2 Å². The number of nitrogens with zero attached hydrogens (tertiary/aromatic N) is 2. The van der Waals surface area contributed by atoms with Crippen molar-refractivity contribution >= 4 is 5.82 Å². The Morgan fingerprint density at radius 3 is 2.43 bits per heavy atom. The minimum Gasteiger partial charge on any atom is -0.354 e. The van der Waals surface area contributed by atoms with Crippen molar-refractivity contribution in [2.24, 2.45) is 5.73 Å². The van der Waals surface area contributed by atoms with Gasteiger partial charge in [0, 0.05) is 24.7 Å². The van der Waals surface area contributed by atoms with Crippen LogP contribution >= 0.6 is 0 Å². The van der Waals surface area contributed by atoms with E-state index in [1.54, 1.807) is 0 Å². The van der Waals surface area contributed by atoms with Gasteiger partial charge in [-0.3, -0.25) is 0 Å².